The summed E-state index contributed by atoms with van der Waals surface area (Å²) in [4.78, 5) is 16.8. The Balaban J connectivity index is 1.81. The molecule has 0 aromatic carbocycles. The van der Waals surface area contributed by atoms with Crippen molar-refractivity contribution in [2.24, 2.45) is 0 Å². The second-order valence-corrected chi connectivity index (χ2v) is 5.99. The monoisotopic (exact) mass is 280 g/mol. The van der Waals surface area contributed by atoms with Crippen LogP contribution in [0.25, 0.3) is 0 Å². The summed E-state index contributed by atoms with van der Waals surface area (Å²) in [5.74, 6) is 0.205. The van der Waals surface area contributed by atoms with Crippen LogP contribution in [0.3, 0.4) is 0 Å². The van der Waals surface area contributed by atoms with Gasteiger partial charge in [0.25, 0.3) is 5.91 Å². The lowest BCUT2D eigenvalue weighted by Gasteiger charge is -2.21. The number of rotatable bonds is 5. The fourth-order valence-electron chi connectivity index (χ4n) is 2.55. The number of thiophene rings is 1. The molecule has 1 aromatic heterocycles. The minimum absolute atomic E-state index is 0.205. The van der Waals surface area contributed by atoms with Gasteiger partial charge in [-0.05, 0) is 37.4 Å². The molecule has 2 heterocycles. The minimum atomic E-state index is 0.205. The van der Waals surface area contributed by atoms with Crippen LogP contribution in [0, 0.1) is 0 Å². The van der Waals surface area contributed by atoms with E-state index in [-0.39, 0.29) is 5.91 Å². The topological polar surface area (TPSA) is 23.6 Å². The van der Waals surface area contributed by atoms with E-state index in [1.165, 1.54) is 25.8 Å². The van der Waals surface area contributed by atoms with Crippen LogP contribution in [-0.2, 0) is 0 Å². The predicted octanol–water partition coefficient (Wildman–Crippen LogP) is 3.09. The van der Waals surface area contributed by atoms with Gasteiger partial charge < -0.3 is 9.80 Å². The van der Waals surface area contributed by atoms with Gasteiger partial charge in [0.2, 0.25) is 0 Å². The highest BCUT2D eigenvalue weighted by molar-refractivity contribution is 7.08. The van der Waals surface area contributed by atoms with Gasteiger partial charge in [0.15, 0.2) is 0 Å². The summed E-state index contributed by atoms with van der Waals surface area (Å²) in [7, 11) is 0. The molecule has 0 atom stereocenters. The predicted molar refractivity (Wildman–Crippen MR) is 80.8 cm³/mol. The summed E-state index contributed by atoms with van der Waals surface area (Å²) in [6.45, 7) is 7.37. The zero-order chi connectivity index (χ0) is 13.5. The zero-order valence-electron chi connectivity index (χ0n) is 11.8. The van der Waals surface area contributed by atoms with E-state index in [1.807, 2.05) is 21.7 Å². The molecule has 1 saturated heterocycles. The maximum absolute atomic E-state index is 12.3. The van der Waals surface area contributed by atoms with Crippen LogP contribution in [0.2, 0.25) is 0 Å². The summed E-state index contributed by atoms with van der Waals surface area (Å²) in [6.07, 6.45) is 4.97. The molecule has 0 unspecified atom stereocenters. The maximum atomic E-state index is 12.3. The minimum Gasteiger partial charge on any atom is -0.337 e. The molecule has 0 radical (unpaired) electrons. The Morgan fingerprint density at radius 3 is 2.89 bits per heavy atom. The molecule has 0 bridgehead atoms. The van der Waals surface area contributed by atoms with Crippen LogP contribution in [0.4, 0.5) is 0 Å². The molecule has 0 saturated carbocycles. The van der Waals surface area contributed by atoms with E-state index in [4.69, 9.17) is 0 Å². The van der Waals surface area contributed by atoms with Crippen LogP contribution >= 0.6 is 11.3 Å². The van der Waals surface area contributed by atoms with Crippen molar-refractivity contribution >= 4 is 17.2 Å². The fourth-order valence-corrected chi connectivity index (χ4v) is 3.18. The Kier molecular flexibility index (Phi) is 5.86. The van der Waals surface area contributed by atoms with Crippen molar-refractivity contribution in [2.75, 3.05) is 32.7 Å². The van der Waals surface area contributed by atoms with Crippen LogP contribution in [0.15, 0.2) is 16.8 Å². The normalized spacial score (nSPS) is 17.4. The second-order valence-electron chi connectivity index (χ2n) is 5.21. The smallest absolute Gasteiger partial charge is 0.254 e. The van der Waals surface area contributed by atoms with Crippen molar-refractivity contribution in [2.45, 2.75) is 32.6 Å². The standard InChI is InChI=1S/C15H24N2OS/c1-2-3-4-7-16-8-5-9-17(11-10-16)15(18)14-6-12-19-13-14/h6,12-13H,2-5,7-11H2,1H3. The van der Waals surface area contributed by atoms with Crippen molar-refractivity contribution in [1.82, 2.24) is 9.80 Å². The molecule has 3 nitrogen and oxygen atoms in total. The van der Waals surface area contributed by atoms with E-state index >= 15 is 0 Å². The Labute approximate surface area is 120 Å². The zero-order valence-corrected chi connectivity index (χ0v) is 12.6. The number of carbonyl (C=O) groups excluding carboxylic acids is 1. The van der Waals surface area contributed by atoms with Crippen molar-refractivity contribution in [3.8, 4) is 0 Å². The first-order valence-electron chi connectivity index (χ1n) is 7.35. The number of hydrogen-bond acceptors (Lipinski definition) is 3. The van der Waals surface area contributed by atoms with Gasteiger partial charge in [-0.3, -0.25) is 4.79 Å². The second kappa shape index (κ2) is 7.65. The Morgan fingerprint density at radius 2 is 2.16 bits per heavy atom. The summed E-state index contributed by atoms with van der Waals surface area (Å²) in [5.41, 5.74) is 0.851. The van der Waals surface area contributed by atoms with E-state index in [0.717, 1.165) is 38.2 Å². The van der Waals surface area contributed by atoms with Gasteiger partial charge in [0.05, 0.1) is 5.56 Å². The van der Waals surface area contributed by atoms with Crippen molar-refractivity contribution < 1.29 is 4.79 Å². The molecule has 0 aliphatic carbocycles. The third-order valence-electron chi connectivity index (χ3n) is 3.72. The highest BCUT2D eigenvalue weighted by Crippen LogP contribution is 2.12. The Morgan fingerprint density at radius 1 is 1.26 bits per heavy atom. The van der Waals surface area contributed by atoms with Gasteiger partial charge in [0.1, 0.15) is 0 Å². The third-order valence-corrected chi connectivity index (χ3v) is 4.40. The van der Waals surface area contributed by atoms with E-state index in [2.05, 4.69) is 11.8 Å². The average molecular weight is 280 g/mol. The lowest BCUT2D eigenvalue weighted by Crippen LogP contribution is -2.35. The number of hydrogen-bond donors (Lipinski definition) is 0. The summed E-state index contributed by atoms with van der Waals surface area (Å²) >= 11 is 1.59. The molecular weight excluding hydrogens is 256 g/mol. The van der Waals surface area contributed by atoms with E-state index in [1.54, 1.807) is 11.3 Å². The number of carbonyl (C=O) groups is 1. The summed E-state index contributed by atoms with van der Waals surface area (Å²) < 4.78 is 0. The van der Waals surface area contributed by atoms with Crippen molar-refractivity contribution in [1.29, 1.82) is 0 Å². The summed E-state index contributed by atoms with van der Waals surface area (Å²) in [5, 5.41) is 3.92. The van der Waals surface area contributed by atoms with Gasteiger partial charge in [-0.2, -0.15) is 11.3 Å². The molecule has 1 fully saturated rings. The maximum Gasteiger partial charge on any atom is 0.254 e. The highest BCUT2D eigenvalue weighted by Gasteiger charge is 2.20. The molecule has 19 heavy (non-hydrogen) atoms. The Hall–Kier alpha value is -0.870. The van der Waals surface area contributed by atoms with Gasteiger partial charge in [0, 0.05) is 25.0 Å². The van der Waals surface area contributed by atoms with Crippen LogP contribution in [0.5, 0.6) is 0 Å². The molecule has 0 spiro atoms. The van der Waals surface area contributed by atoms with Gasteiger partial charge in [-0.1, -0.05) is 19.8 Å². The lowest BCUT2D eigenvalue weighted by atomic mass is 10.2. The number of unbranched alkanes of at least 4 members (excludes halogenated alkanes) is 2. The van der Waals surface area contributed by atoms with E-state index in [9.17, 15) is 4.79 Å². The van der Waals surface area contributed by atoms with Crippen molar-refractivity contribution in [3.05, 3.63) is 22.4 Å². The van der Waals surface area contributed by atoms with E-state index < -0.39 is 0 Å². The van der Waals surface area contributed by atoms with Gasteiger partial charge in [-0.25, -0.2) is 0 Å². The number of amides is 1. The first kappa shape index (κ1) is 14.5. The van der Waals surface area contributed by atoms with Gasteiger partial charge >= 0.3 is 0 Å². The molecular formula is C15H24N2OS. The number of nitrogens with zero attached hydrogens (tertiary/aromatic N) is 2. The van der Waals surface area contributed by atoms with E-state index in [0.29, 0.717) is 0 Å². The molecule has 0 N–H and O–H groups in total. The molecule has 4 heteroatoms. The quantitative estimate of drug-likeness (QED) is 0.774. The first-order chi connectivity index (χ1) is 9.31. The summed E-state index contributed by atoms with van der Waals surface area (Å²) in [6, 6.07) is 1.93. The lowest BCUT2D eigenvalue weighted by molar-refractivity contribution is 0.0762. The molecule has 1 aliphatic rings. The Bertz CT molecular complexity index is 378. The fraction of sp³-hybridized carbons (Fsp3) is 0.667. The average Bonchev–Trinajstić information content (AvgIpc) is 2.85. The first-order valence-corrected chi connectivity index (χ1v) is 8.29. The molecule has 1 amide bonds. The largest absolute Gasteiger partial charge is 0.337 e. The molecule has 2 rings (SSSR count). The van der Waals surface area contributed by atoms with Crippen LogP contribution in [-0.4, -0.2) is 48.4 Å². The third kappa shape index (κ3) is 4.32. The molecule has 1 aliphatic heterocycles. The highest BCUT2D eigenvalue weighted by atomic mass is 32.1. The molecule has 1 aromatic rings. The van der Waals surface area contributed by atoms with Crippen LogP contribution in [0.1, 0.15) is 43.0 Å². The molecule has 106 valence electrons. The van der Waals surface area contributed by atoms with Crippen LogP contribution < -0.4 is 0 Å². The van der Waals surface area contributed by atoms with Crippen molar-refractivity contribution in [3.63, 3.8) is 0 Å². The SMILES string of the molecule is CCCCCN1CCCN(C(=O)c2ccsc2)CC1. The van der Waals surface area contributed by atoms with Gasteiger partial charge in [-0.15, -0.1) is 0 Å².